The third kappa shape index (κ3) is 3.30. The second-order valence-corrected chi connectivity index (χ2v) is 6.23. The monoisotopic (exact) mass is 323 g/mol. The van der Waals surface area contributed by atoms with E-state index in [1.54, 1.807) is 18.1 Å². The molecule has 3 aromatic rings. The van der Waals surface area contributed by atoms with Gasteiger partial charge in [-0.05, 0) is 25.0 Å². The molecular weight excluding hydrogens is 306 g/mol. The van der Waals surface area contributed by atoms with E-state index in [0.717, 1.165) is 28.7 Å². The van der Waals surface area contributed by atoms with E-state index in [1.807, 2.05) is 16.7 Å². The highest BCUT2D eigenvalue weighted by molar-refractivity contribution is 7.99. The molecule has 0 saturated heterocycles. The van der Waals surface area contributed by atoms with E-state index >= 15 is 0 Å². The number of terminal acetylenes is 1. The standard InChI is InChI=1S/C17H17N5S/c1-3-4-7-10-22-11-19-15(18)14-16(22)21-17(20-14)23-13-9-6-5-8-12(13)2/h1,5-6,8-9,11,18H,4,7,10H2,2H3,(H,20,21). The maximum Gasteiger partial charge on any atom is 0.173 e. The number of H-pyrrole nitrogens is 1. The summed E-state index contributed by atoms with van der Waals surface area (Å²) < 4.78 is 1.95. The van der Waals surface area contributed by atoms with E-state index in [4.69, 9.17) is 11.8 Å². The first-order chi connectivity index (χ1) is 11.2. The molecule has 23 heavy (non-hydrogen) atoms. The molecule has 0 bridgehead atoms. The van der Waals surface area contributed by atoms with Crippen LogP contribution in [0.5, 0.6) is 0 Å². The fraction of sp³-hybridized carbons (Fsp3) is 0.235. The lowest BCUT2D eigenvalue weighted by molar-refractivity contribution is 0.653. The lowest BCUT2D eigenvalue weighted by Crippen LogP contribution is -2.12. The Morgan fingerprint density at radius 1 is 1.39 bits per heavy atom. The number of aromatic amines is 1. The zero-order valence-electron chi connectivity index (χ0n) is 12.8. The van der Waals surface area contributed by atoms with Crippen LogP contribution < -0.4 is 5.49 Å². The lowest BCUT2D eigenvalue weighted by Gasteiger charge is -2.04. The summed E-state index contributed by atoms with van der Waals surface area (Å²) in [6.45, 7) is 2.82. The van der Waals surface area contributed by atoms with Crippen molar-refractivity contribution in [3.05, 3.63) is 41.6 Å². The molecule has 0 aliphatic rings. The number of aryl methyl sites for hydroxylation is 2. The summed E-state index contributed by atoms with van der Waals surface area (Å²) in [6, 6.07) is 8.16. The van der Waals surface area contributed by atoms with Crippen LogP contribution in [0.1, 0.15) is 18.4 Å². The summed E-state index contributed by atoms with van der Waals surface area (Å²) in [7, 11) is 0. The molecule has 2 N–H and O–H groups in total. The number of hydrogen-bond donors (Lipinski definition) is 2. The van der Waals surface area contributed by atoms with Crippen molar-refractivity contribution in [2.24, 2.45) is 0 Å². The summed E-state index contributed by atoms with van der Waals surface area (Å²) in [5, 5.41) is 8.74. The molecule has 3 rings (SSSR count). The maximum absolute atomic E-state index is 7.97. The van der Waals surface area contributed by atoms with Crippen molar-refractivity contribution >= 4 is 22.9 Å². The van der Waals surface area contributed by atoms with Gasteiger partial charge < -0.3 is 9.55 Å². The predicted octanol–water partition coefficient (Wildman–Crippen LogP) is 3.11. The average Bonchev–Trinajstić information content (AvgIpc) is 2.97. The van der Waals surface area contributed by atoms with E-state index in [1.165, 1.54) is 5.56 Å². The molecule has 0 amide bonds. The summed E-state index contributed by atoms with van der Waals surface area (Å²) in [6.07, 6.45) is 8.54. The molecule has 0 saturated carbocycles. The smallest absolute Gasteiger partial charge is 0.173 e. The highest BCUT2D eigenvalue weighted by atomic mass is 32.2. The number of nitrogens with one attached hydrogen (secondary N) is 2. The zero-order chi connectivity index (χ0) is 16.2. The van der Waals surface area contributed by atoms with Gasteiger partial charge in [0, 0.05) is 17.9 Å². The number of fused-ring (bicyclic) bond motifs is 1. The van der Waals surface area contributed by atoms with Crippen LogP contribution in [0.15, 0.2) is 40.6 Å². The zero-order valence-corrected chi connectivity index (χ0v) is 13.7. The molecule has 0 unspecified atom stereocenters. The predicted molar refractivity (Wildman–Crippen MR) is 91.1 cm³/mol. The number of benzene rings is 1. The fourth-order valence-corrected chi connectivity index (χ4v) is 3.17. The minimum atomic E-state index is 0.206. The van der Waals surface area contributed by atoms with Gasteiger partial charge >= 0.3 is 0 Å². The average molecular weight is 323 g/mol. The first-order valence-corrected chi connectivity index (χ1v) is 8.17. The van der Waals surface area contributed by atoms with Gasteiger partial charge in [-0.3, -0.25) is 5.41 Å². The summed E-state index contributed by atoms with van der Waals surface area (Å²) in [5.74, 6) is 2.64. The van der Waals surface area contributed by atoms with Crippen molar-refractivity contribution in [1.82, 2.24) is 19.5 Å². The summed E-state index contributed by atoms with van der Waals surface area (Å²) in [5.41, 5.74) is 2.81. The molecule has 0 fully saturated rings. The SMILES string of the molecule is C#CCCCn1cnc(=N)c2[nH]c(Sc3ccccc3C)nc21. The summed E-state index contributed by atoms with van der Waals surface area (Å²) in [4.78, 5) is 13.1. The molecule has 6 heteroatoms. The first kappa shape index (κ1) is 15.4. The van der Waals surface area contributed by atoms with Crippen LogP contribution in [0.2, 0.25) is 0 Å². The van der Waals surface area contributed by atoms with Gasteiger partial charge in [0.25, 0.3) is 0 Å². The maximum atomic E-state index is 7.97. The molecule has 0 spiro atoms. The van der Waals surface area contributed by atoms with Crippen LogP contribution >= 0.6 is 11.8 Å². The topological polar surface area (TPSA) is 70.3 Å². The third-order valence-electron chi connectivity index (χ3n) is 3.52. The Morgan fingerprint density at radius 3 is 3.00 bits per heavy atom. The molecule has 1 aromatic carbocycles. The Bertz CT molecular complexity index is 932. The highest BCUT2D eigenvalue weighted by Gasteiger charge is 2.10. The van der Waals surface area contributed by atoms with Gasteiger partial charge in [0.15, 0.2) is 16.3 Å². The van der Waals surface area contributed by atoms with E-state index in [9.17, 15) is 0 Å². The van der Waals surface area contributed by atoms with Crippen molar-refractivity contribution in [3.8, 4) is 12.3 Å². The number of unbranched alkanes of at least 4 members (excludes halogenated alkanes) is 1. The highest BCUT2D eigenvalue weighted by Crippen LogP contribution is 2.28. The summed E-state index contributed by atoms with van der Waals surface area (Å²) >= 11 is 1.56. The molecule has 0 aliphatic carbocycles. The van der Waals surface area contributed by atoms with Crippen molar-refractivity contribution in [2.45, 2.75) is 36.4 Å². The number of hydrogen-bond acceptors (Lipinski definition) is 4. The Morgan fingerprint density at radius 2 is 2.22 bits per heavy atom. The van der Waals surface area contributed by atoms with Gasteiger partial charge in [-0.1, -0.05) is 30.0 Å². The van der Waals surface area contributed by atoms with Gasteiger partial charge in [-0.2, -0.15) is 0 Å². The van der Waals surface area contributed by atoms with Gasteiger partial charge in [0.1, 0.15) is 5.52 Å². The largest absolute Gasteiger partial charge is 0.328 e. The minimum Gasteiger partial charge on any atom is -0.328 e. The molecule has 2 aromatic heterocycles. The molecule has 5 nitrogen and oxygen atoms in total. The van der Waals surface area contributed by atoms with Crippen LogP contribution in [-0.4, -0.2) is 19.5 Å². The van der Waals surface area contributed by atoms with Crippen LogP contribution in [0, 0.1) is 24.7 Å². The second kappa shape index (κ2) is 6.71. The van der Waals surface area contributed by atoms with E-state index in [2.05, 4.69) is 39.9 Å². The van der Waals surface area contributed by atoms with Crippen molar-refractivity contribution in [3.63, 3.8) is 0 Å². The van der Waals surface area contributed by atoms with Gasteiger partial charge in [-0.15, -0.1) is 12.3 Å². The number of aromatic nitrogens is 4. The Hall–Kier alpha value is -2.52. The van der Waals surface area contributed by atoms with Gasteiger partial charge in [0.2, 0.25) is 0 Å². The Labute approximate surface area is 138 Å². The number of rotatable bonds is 5. The van der Waals surface area contributed by atoms with Crippen LogP contribution in [0.3, 0.4) is 0 Å². The molecular formula is C17H17N5S. The van der Waals surface area contributed by atoms with Gasteiger partial charge in [0.05, 0.1) is 6.33 Å². The van der Waals surface area contributed by atoms with Crippen molar-refractivity contribution < 1.29 is 0 Å². The Balaban J connectivity index is 1.96. The molecule has 0 aliphatic heterocycles. The number of nitrogens with zero attached hydrogens (tertiary/aromatic N) is 3. The lowest BCUT2D eigenvalue weighted by atomic mass is 10.2. The second-order valence-electron chi connectivity index (χ2n) is 5.20. The van der Waals surface area contributed by atoms with E-state index in [0.29, 0.717) is 11.9 Å². The molecule has 116 valence electrons. The minimum absolute atomic E-state index is 0.206. The van der Waals surface area contributed by atoms with E-state index < -0.39 is 0 Å². The molecule has 2 heterocycles. The quantitative estimate of drug-likeness (QED) is 0.560. The van der Waals surface area contributed by atoms with Crippen molar-refractivity contribution in [1.29, 1.82) is 5.41 Å². The van der Waals surface area contributed by atoms with E-state index in [-0.39, 0.29) is 5.49 Å². The number of imidazole rings is 1. The normalized spacial score (nSPS) is 10.8. The Kier molecular flexibility index (Phi) is 4.49. The van der Waals surface area contributed by atoms with Crippen molar-refractivity contribution in [2.75, 3.05) is 0 Å². The molecule has 0 radical (unpaired) electrons. The third-order valence-corrected chi connectivity index (χ3v) is 4.58. The van der Waals surface area contributed by atoms with Crippen LogP contribution in [0.4, 0.5) is 0 Å². The fourth-order valence-electron chi connectivity index (χ4n) is 2.30. The van der Waals surface area contributed by atoms with Crippen LogP contribution in [0.25, 0.3) is 11.2 Å². The van der Waals surface area contributed by atoms with Gasteiger partial charge in [-0.25, -0.2) is 9.97 Å². The molecule has 0 atom stereocenters. The first-order valence-electron chi connectivity index (χ1n) is 7.35. The van der Waals surface area contributed by atoms with Crippen LogP contribution in [-0.2, 0) is 6.54 Å².